The lowest BCUT2D eigenvalue weighted by Gasteiger charge is -2.13. The summed E-state index contributed by atoms with van der Waals surface area (Å²) < 4.78 is 10.8. The van der Waals surface area contributed by atoms with Crippen molar-refractivity contribution in [2.75, 3.05) is 25.1 Å². The Morgan fingerprint density at radius 2 is 2.06 bits per heavy atom. The summed E-state index contributed by atoms with van der Waals surface area (Å²) in [4.78, 5) is 11.1. The van der Waals surface area contributed by atoms with E-state index in [1.165, 1.54) is 0 Å². The van der Waals surface area contributed by atoms with E-state index in [9.17, 15) is 9.00 Å². The lowest BCUT2D eigenvalue weighted by atomic mass is 9.99. The standard InChI is InChI=1S/C12H17NO3S/c1-17(16)8-7-13-9-11(12(14)15)10-5-3-2-4-6-10/h2-6,11,13H,7-9H2,1H3,(H,14,15). The fourth-order valence-corrected chi connectivity index (χ4v) is 1.93. The van der Waals surface area contributed by atoms with E-state index in [-0.39, 0.29) is 0 Å². The first-order valence-electron chi connectivity index (χ1n) is 5.39. The Bertz CT molecular complexity index is 381. The van der Waals surface area contributed by atoms with Crippen LogP contribution in [0.3, 0.4) is 0 Å². The number of carbonyl (C=O) groups is 1. The van der Waals surface area contributed by atoms with E-state index in [4.69, 9.17) is 5.11 Å². The first kappa shape index (κ1) is 13.9. The van der Waals surface area contributed by atoms with Gasteiger partial charge >= 0.3 is 5.97 Å². The number of nitrogens with one attached hydrogen (secondary N) is 1. The maximum absolute atomic E-state index is 11.1. The normalized spacial score (nSPS) is 14.2. The van der Waals surface area contributed by atoms with Crippen LogP contribution in [0.25, 0.3) is 0 Å². The molecule has 0 heterocycles. The summed E-state index contributed by atoms with van der Waals surface area (Å²) in [6.45, 7) is 0.927. The van der Waals surface area contributed by atoms with Gasteiger partial charge in [-0.05, 0) is 5.56 Å². The fraction of sp³-hybridized carbons (Fsp3) is 0.417. The van der Waals surface area contributed by atoms with Gasteiger partial charge in [0, 0.05) is 35.9 Å². The van der Waals surface area contributed by atoms with Crippen LogP contribution in [0.1, 0.15) is 11.5 Å². The third-order valence-corrected chi connectivity index (χ3v) is 3.19. The summed E-state index contributed by atoms with van der Waals surface area (Å²) in [6.07, 6.45) is 1.63. The quantitative estimate of drug-likeness (QED) is 0.708. The second-order valence-corrected chi connectivity index (χ2v) is 5.34. The van der Waals surface area contributed by atoms with Gasteiger partial charge in [0.1, 0.15) is 0 Å². The fourth-order valence-electron chi connectivity index (χ4n) is 1.50. The Morgan fingerprint density at radius 3 is 2.59 bits per heavy atom. The predicted molar refractivity (Wildman–Crippen MR) is 68.6 cm³/mol. The first-order valence-corrected chi connectivity index (χ1v) is 7.12. The van der Waals surface area contributed by atoms with Crippen molar-refractivity contribution in [3.63, 3.8) is 0 Å². The molecule has 0 radical (unpaired) electrons. The zero-order valence-electron chi connectivity index (χ0n) is 9.76. The molecule has 0 aliphatic carbocycles. The van der Waals surface area contributed by atoms with Crippen LogP contribution in [-0.4, -0.2) is 40.4 Å². The smallest absolute Gasteiger partial charge is 0.312 e. The van der Waals surface area contributed by atoms with E-state index in [1.807, 2.05) is 18.2 Å². The molecule has 2 N–H and O–H groups in total. The Labute approximate surface area is 104 Å². The molecule has 0 saturated carbocycles. The molecule has 1 aromatic carbocycles. The summed E-state index contributed by atoms with van der Waals surface area (Å²) in [5, 5.41) is 12.2. The summed E-state index contributed by atoms with van der Waals surface area (Å²) in [6, 6.07) is 9.12. The van der Waals surface area contributed by atoms with Crippen molar-refractivity contribution < 1.29 is 14.1 Å². The van der Waals surface area contributed by atoms with Gasteiger partial charge in [-0.2, -0.15) is 0 Å². The predicted octanol–water partition coefficient (Wildman–Crippen LogP) is 0.823. The SMILES string of the molecule is CS(=O)CCNCC(C(=O)O)c1ccccc1. The number of rotatable bonds is 7. The van der Waals surface area contributed by atoms with Gasteiger partial charge in [-0.25, -0.2) is 0 Å². The van der Waals surface area contributed by atoms with Crippen molar-refractivity contribution in [2.45, 2.75) is 5.92 Å². The van der Waals surface area contributed by atoms with Gasteiger partial charge in [0.15, 0.2) is 0 Å². The van der Waals surface area contributed by atoms with Crippen molar-refractivity contribution in [2.24, 2.45) is 0 Å². The van der Waals surface area contributed by atoms with E-state index in [0.29, 0.717) is 18.8 Å². The molecule has 0 aliphatic rings. The van der Waals surface area contributed by atoms with Crippen LogP contribution >= 0.6 is 0 Å². The third-order valence-electron chi connectivity index (χ3n) is 2.41. The molecule has 4 nitrogen and oxygen atoms in total. The second-order valence-electron chi connectivity index (χ2n) is 3.78. The molecule has 2 atom stereocenters. The van der Waals surface area contributed by atoms with Crippen LogP contribution < -0.4 is 5.32 Å². The molecule has 0 amide bonds. The third kappa shape index (κ3) is 5.10. The lowest BCUT2D eigenvalue weighted by molar-refractivity contribution is -0.138. The molecule has 17 heavy (non-hydrogen) atoms. The van der Waals surface area contributed by atoms with Crippen LogP contribution in [0.4, 0.5) is 0 Å². The monoisotopic (exact) mass is 255 g/mol. The minimum absolute atomic E-state index is 0.358. The van der Waals surface area contributed by atoms with Gasteiger partial charge < -0.3 is 10.4 Å². The molecule has 0 saturated heterocycles. The summed E-state index contributed by atoms with van der Waals surface area (Å²) >= 11 is 0. The van der Waals surface area contributed by atoms with Crippen LogP contribution in [0.2, 0.25) is 0 Å². The zero-order chi connectivity index (χ0) is 12.7. The Kier molecular flexibility index (Phi) is 5.86. The van der Waals surface area contributed by atoms with Crippen molar-refractivity contribution in [1.29, 1.82) is 0 Å². The van der Waals surface area contributed by atoms with Gasteiger partial charge in [-0.3, -0.25) is 9.00 Å². The van der Waals surface area contributed by atoms with E-state index in [0.717, 1.165) is 5.56 Å². The van der Waals surface area contributed by atoms with Crippen molar-refractivity contribution in [1.82, 2.24) is 5.32 Å². The molecule has 0 aromatic heterocycles. The number of hydrogen-bond acceptors (Lipinski definition) is 3. The molecule has 0 aliphatic heterocycles. The summed E-state index contributed by atoms with van der Waals surface area (Å²) in [5.74, 6) is -0.857. The van der Waals surface area contributed by atoms with Crippen LogP contribution in [-0.2, 0) is 15.6 Å². The maximum Gasteiger partial charge on any atom is 0.312 e. The molecule has 1 aromatic rings. The summed E-state index contributed by atoms with van der Waals surface area (Å²) in [7, 11) is -0.845. The largest absolute Gasteiger partial charge is 0.481 e. The second kappa shape index (κ2) is 7.19. The van der Waals surface area contributed by atoms with E-state index < -0.39 is 22.7 Å². The van der Waals surface area contributed by atoms with Crippen molar-refractivity contribution in [3.8, 4) is 0 Å². The molecule has 0 spiro atoms. The molecular weight excluding hydrogens is 238 g/mol. The highest BCUT2D eigenvalue weighted by atomic mass is 32.2. The number of benzene rings is 1. The number of hydrogen-bond donors (Lipinski definition) is 2. The van der Waals surface area contributed by atoms with Crippen molar-refractivity contribution >= 4 is 16.8 Å². The van der Waals surface area contributed by atoms with Crippen molar-refractivity contribution in [3.05, 3.63) is 35.9 Å². The molecular formula is C12H17NO3S. The van der Waals surface area contributed by atoms with E-state index >= 15 is 0 Å². The number of aliphatic carboxylic acids is 1. The Hall–Kier alpha value is -1.20. The highest BCUT2D eigenvalue weighted by molar-refractivity contribution is 7.84. The highest BCUT2D eigenvalue weighted by Crippen LogP contribution is 2.14. The van der Waals surface area contributed by atoms with Gasteiger partial charge in [0.2, 0.25) is 0 Å². The number of carboxylic acids is 1. The average molecular weight is 255 g/mol. The van der Waals surface area contributed by atoms with Crippen LogP contribution in [0, 0.1) is 0 Å². The summed E-state index contributed by atoms with van der Waals surface area (Å²) in [5.41, 5.74) is 0.783. The average Bonchev–Trinajstić information content (AvgIpc) is 2.29. The topological polar surface area (TPSA) is 66.4 Å². The van der Waals surface area contributed by atoms with Gasteiger partial charge in [-0.1, -0.05) is 30.3 Å². The zero-order valence-corrected chi connectivity index (χ0v) is 10.6. The van der Waals surface area contributed by atoms with Crippen LogP contribution in [0.5, 0.6) is 0 Å². The number of carboxylic acid groups (broad SMARTS) is 1. The molecule has 2 unspecified atom stereocenters. The molecule has 1 rings (SSSR count). The minimum Gasteiger partial charge on any atom is -0.481 e. The molecule has 5 heteroatoms. The lowest BCUT2D eigenvalue weighted by Crippen LogP contribution is -2.29. The maximum atomic E-state index is 11.1. The van der Waals surface area contributed by atoms with Gasteiger partial charge in [-0.15, -0.1) is 0 Å². The Morgan fingerprint density at radius 1 is 1.41 bits per heavy atom. The highest BCUT2D eigenvalue weighted by Gasteiger charge is 2.18. The van der Waals surface area contributed by atoms with Gasteiger partial charge in [0.05, 0.1) is 5.92 Å². The first-order chi connectivity index (χ1) is 8.11. The van der Waals surface area contributed by atoms with Crippen LogP contribution in [0.15, 0.2) is 30.3 Å². The Balaban J connectivity index is 2.51. The molecule has 0 fully saturated rings. The van der Waals surface area contributed by atoms with Gasteiger partial charge in [0.25, 0.3) is 0 Å². The van der Waals surface area contributed by atoms with E-state index in [2.05, 4.69) is 5.32 Å². The molecule has 0 bridgehead atoms. The van der Waals surface area contributed by atoms with E-state index in [1.54, 1.807) is 18.4 Å². The minimum atomic E-state index is -0.846. The molecule has 94 valence electrons.